The Balaban J connectivity index is 2.78. The first kappa shape index (κ1) is 7.11. The summed E-state index contributed by atoms with van der Waals surface area (Å²) < 4.78 is -1.07. The zero-order valence-electron chi connectivity index (χ0n) is 5.28. The first-order valence-corrected chi connectivity index (χ1v) is 2.89. The fraction of sp³-hybridized carbons (Fsp3) is 0.333. The molecule has 0 fully saturated rings. The van der Waals surface area contributed by atoms with Gasteiger partial charge in [-0.1, -0.05) is 0 Å². The van der Waals surface area contributed by atoms with E-state index < -0.39 is 10.4 Å². The van der Waals surface area contributed by atoms with Crippen LogP contribution in [-0.2, 0) is 0 Å². The SMILES string of the molecule is [Li][C]1(O)C=CC=CC1O. The molecule has 0 saturated carbocycles. The van der Waals surface area contributed by atoms with Crippen LogP contribution >= 0.6 is 0 Å². The van der Waals surface area contributed by atoms with Crippen molar-refractivity contribution in [2.24, 2.45) is 0 Å². The quantitative estimate of drug-likeness (QED) is 0.414. The van der Waals surface area contributed by atoms with Gasteiger partial charge in [-0.15, -0.1) is 0 Å². The normalized spacial score (nSPS) is 41.6. The van der Waals surface area contributed by atoms with Gasteiger partial charge in [0.25, 0.3) is 0 Å². The molecule has 3 heteroatoms. The van der Waals surface area contributed by atoms with Crippen LogP contribution in [0.3, 0.4) is 0 Å². The molecular formula is C6H7LiO2. The van der Waals surface area contributed by atoms with E-state index in [1.165, 1.54) is 0 Å². The van der Waals surface area contributed by atoms with Crippen LogP contribution in [0.1, 0.15) is 0 Å². The Labute approximate surface area is 63.1 Å². The molecule has 2 unspecified atom stereocenters. The van der Waals surface area contributed by atoms with Gasteiger partial charge in [-0.2, -0.15) is 0 Å². The van der Waals surface area contributed by atoms with Crippen molar-refractivity contribution in [1.29, 1.82) is 0 Å². The van der Waals surface area contributed by atoms with Crippen molar-refractivity contribution < 1.29 is 10.2 Å². The number of allylic oxidation sites excluding steroid dienone is 2. The summed E-state index contributed by atoms with van der Waals surface area (Å²) in [5, 5.41) is 18.3. The zero-order chi connectivity index (χ0) is 6.91. The summed E-state index contributed by atoms with van der Waals surface area (Å²) in [5.41, 5.74) is 0. The van der Waals surface area contributed by atoms with Crippen LogP contribution in [0.4, 0.5) is 0 Å². The van der Waals surface area contributed by atoms with E-state index in [1.54, 1.807) is 42.0 Å². The molecule has 1 aliphatic carbocycles. The molecule has 2 nitrogen and oxygen atoms in total. The van der Waals surface area contributed by atoms with Gasteiger partial charge < -0.3 is 0 Å². The molecular weight excluding hydrogens is 111 g/mol. The third-order valence-electron chi connectivity index (χ3n) is 1.44. The minimum atomic E-state index is -1.07. The average molecular weight is 118 g/mol. The van der Waals surface area contributed by atoms with E-state index in [9.17, 15) is 5.11 Å². The van der Waals surface area contributed by atoms with Crippen LogP contribution in [0.25, 0.3) is 0 Å². The van der Waals surface area contributed by atoms with E-state index in [2.05, 4.69) is 0 Å². The standard InChI is InChI=1S/C6H7O2.Li/c7-5-3-1-2-4-6(5)8;/h1-5,7-8H;. The monoisotopic (exact) mass is 118 g/mol. The molecule has 0 amide bonds. The molecule has 0 aromatic rings. The van der Waals surface area contributed by atoms with Crippen molar-refractivity contribution in [2.75, 3.05) is 0 Å². The van der Waals surface area contributed by atoms with Crippen LogP contribution in [0.2, 0.25) is 0 Å². The van der Waals surface area contributed by atoms with E-state index in [-0.39, 0.29) is 0 Å². The first-order chi connectivity index (χ1) is 4.13. The topological polar surface area (TPSA) is 40.5 Å². The van der Waals surface area contributed by atoms with Crippen molar-refractivity contribution in [2.45, 2.75) is 10.4 Å². The number of hydrogen-bond donors (Lipinski definition) is 2. The fourth-order valence-electron chi connectivity index (χ4n) is 0.713. The Morgan fingerprint density at radius 2 is 2.11 bits per heavy atom. The third kappa shape index (κ3) is 1.47. The van der Waals surface area contributed by atoms with E-state index in [0.717, 1.165) is 0 Å². The number of rotatable bonds is 0. The van der Waals surface area contributed by atoms with Crippen molar-refractivity contribution in [3.05, 3.63) is 24.3 Å². The summed E-state index contributed by atoms with van der Waals surface area (Å²) in [5.74, 6) is 0. The predicted octanol–water partition coefficient (Wildman–Crippen LogP) is -0.670. The molecule has 0 saturated heterocycles. The zero-order valence-corrected chi connectivity index (χ0v) is 5.28. The Bertz CT molecular complexity index is 160. The predicted molar refractivity (Wildman–Crippen MR) is 35.0 cm³/mol. The van der Waals surface area contributed by atoms with Gasteiger partial charge in [0, 0.05) is 0 Å². The second kappa shape index (κ2) is 2.32. The summed E-state index contributed by atoms with van der Waals surface area (Å²) in [7, 11) is 0. The summed E-state index contributed by atoms with van der Waals surface area (Å²) in [4.78, 5) is 0. The molecule has 0 aromatic heterocycles. The Kier molecular flexibility index (Phi) is 1.83. The van der Waals surface area contributed by atoms with Gasteiger partial charge in [0.2, 0.25) is 0 Å². The van der Waals surface area contributed by atoms with Crippen molar-refractivity contribution in [3.63, 3.8) is 0 Å². The van der Waals surface area contributed by atoms with Crippen LogP contribution in [0.15, 0.2) is 24.3 Å². The first-order valence-electron chi connectivity index (χ1n) is 2.89. The Hall–Kier alpha value is -0.00260. The maximum absolute atomic E-state index is 9.25. The second-order valence-electron chi connectivity index (χ2n) is 2.41. The molecule has 0 spiro atoms. The Morgan fingerprint density at radius 3 is 2.44 bits per heavy atom. The molecule has 1 rings (SSSR count). The van der Waals surface area contributed by atoms with E-state index in [1.807, 2.05) is 0 Å². The molecule has 9 heavy (non-hydrogen) atoms. The minimum absolute atomic E-state index is 0.762. The van der Waals surface area contributed by atoms with Gasteiger partial charge in [0.05, 0.1) is 0 Å². The van der Waals surface area contributed by atoms with Gasteiger partial charge in [-0.3, -0.25) is 0 Å². The third-order valence-corrected chi connectivity index (χ3v) is 1.44. The van der Waals surface area contributed by atoms with Crippen LogP contribution in [-0.4, -0.2) is 38.3 Å². The van der Waals surface area contributed by atoms with Crippen LogP contribution in [0, 0.1) is 0 Å². The molecule has 1 aliphatic rings. The van der Waals surface area contributed by atoms with Crippen LogP contribution < -0.4 is 0 Å². The van der Waals surface area contributed by atoms with Gasteiger partial charge in [-0.05, 0) is 0 Å². The molecule has 0 heterocycles. The summed E-state index contributed by atoms with van der Waals surface area (Å²) >= 11 is 1.57. The van der Waals surface area contributed by atoms with Crippen molar-refractivity contribution in [1.82, 2.24) is 0 Å². The molecule has 44 valence electrons. The van der Waals surface area contributed by atoms with Gasteiger partial charge in [0.15, 0.2) is 0 Å². The second-order valence-corrected chi connectivity index (χ2v) is 2.41. The van der Waals surface area contributed by atoms with E-state index in [4.69, 9.17) is 5.11 Å². The van der Waals surface area contributed by atoms with Gasteiger partial charge in [0.1, 0.15) is 0 Å². The Morgan fingerprint density at radius 1 is 1.44 bits per heavy atom. The summed E-state index contributed by atoms with van der Waals surface area (Å²) in [6.45, 7) is 0. The number of hydrogen-bond acceptors (Lipinski definition) is 2. The van der Waals surface area contributed by atoms with Crippen molar-refractivity contribution >= 4 is 17.7 Å². The van der Waals surface area contributed by atoms with E-state index >= 15 is 0 Å². The van der Waals surface area contributed by atoms with Crippen molar-refractivity contribution in [3.8, 4) is 0 Å². The number of aliphatic hydroxyl groups excluding tert-OH is 1. The molecule has 0 aliphatic heterocycles. The summed E-state index contributed by atoms with van der Waals surface area (Å²) in [6.07, 6.45) is 5.79. The number of aliphatic hydroxyl groups is 2. The molecule has 0 radical (unpaired) electrons. The maximum atomic E-state index is 9.25. The summed E-state index contributed by atoms with van der Waals surface area (Å²) in [6, 6.07) is 0. The van der Waals surface area contributed by atoms with E-state index in [0.29, 0.717) is 0 Å². The fourth-order valence-corrected chi connectivity index (χ4v) is 0.713. The molecule has 0 aromatic carbocycles. The van der Waals surface area contributed by atoms with Crippen LogP contribution in [0.5, 0.6) is 0 Å². The molecule has 2 atom stereocenters. The average Bonchev–Trinajstić information content (AvgIpc) is 1.77. The molecule has 2 N–H and O–H groups in total. The molecule has 0 bridgehead atoms. The van der Waals surface area contributed by atoms with Gasteiger partial charge in [-0.25, -0.2) is 0 Å². The van der Waals surface area contributed by atoms with Gasteiger partial charge >= 0.3 is 62.6 Å².